The summed E-state index contributed by atoms with van der Waals surface area (Å²) in [5.74, 6) is -0.370. The lowest BCUT2D eigenvalue weighted by molar-refractivity contribution is -0.123. The third-order valence-electron chi connectivity index (χ3n) is 4.99. The third-order valence-corrected chi connectivity index (χ3v) is 4.99. The van der Waals surface area contributed by atoms with E-state index in [1.165, 1.54) is 11.9 Å². The van der Waals surface area contributed by atoms with E-state index in [2.05, 4.69) is 84.4 Å². The molecule has 218 valence electrons. The molecule has 0 saturated carbocycles. The molecule has 0 aromatic rings. The Labute approximate surface area is 236 Å². The van der Waals surface area contributed by atoms with E-state index in [1.807, 2.05) is 6.08 Å². The van der Waals surface area contributed by atoms with Gasteiger partial charge in [-0.3, -0.25) is 9.59 Å². The zero-order valence-corrected chi connectivity index (χ0v) is 24.8. The largest absolute Gasteiger partial charge is 0.444 e. The number of likely N-dealkylation sites (N-methyl/N-ethyl adjacent to an activating group) is 1. The van der Waals surface area contributed by atoms with E-state index in [1.54, 1.807) is 20.8 Å². The second-order valence-electron chi connectivity index (χ2n) is 9.99. The molecule has 0 aromatic carbocycles. The zero-order chi connectivity index (χ0) is 29.2. The van der Waals surface area contributed by atoms with Gasteiger partial charge in [-0.15, -0.1) is 0 Å². The number of amides is 3. The quantitative estimate of drug-likeness (QED) is 0.143. The number of nitrogens with one attached hydrogen (secondary N) is 2. The molecule has 3 amide bonds. The van der Waals surface area contributed by atoms with Crippen LogP contribution in [0, 0.1) is 0 Å². The molecule has 0 fully saturated rings. The maximum absolute atomic E-state index is 11.9. The van der Waals surface area contributed by atoms with Crippen molar-refractivity contribution in [2.24, 2.45) is 0 Å². The fourth-order valence-corrected chi connectivity index (χ4v) is 3.02. The molecule has 0 atom stereocenters. The SMILES string of the molecule is CC/C=C\C/C=C\C/C=C\C/C=C\C/C=C\C/C=C\CCC(=O)NCCNC(=O)CN(C)C(=O)OC(C)(C)C. The highest BCUT2D eigenvalue weighted by Gasteiger charge is 2.20. The average Bonchev–Trinajstić information content (AvgIpc) is 2.87. The van der Waals surface area contributed by atoms with Crippen LogP contribution >= 0.6 is 0 Å². The molecule has 0 aliphatic carbocycles. The molecule has 0 rings (SSSR count). The van der Waals surface area contributed by atoms with Crippen LogP contribution in [0.25, 0.3) is 0 Å². The lowest BCUT2D eigenvalue weighted by atomic mass is 10.2. The van der Waals surface area contributed by atoms with Gasteiger partial charge in [-0.2, -0.15) is 0 Å². The van der Waals surface area contributed by atoms with E-state index in [4.69, 9.17) is 4.74 Å². The van der Waals surface area contributed by atoms with Gasteiger partial charge in [-0.05, 0) is 65.7 Å². The van der Waals surface area contributed by atoms with Gasteiger partial charge in [-0.25, -0.2) is 4.79 Å². The minimum Gasteiger partial charge on any atom is -0.444 e. The Balaban J connectivity index is 3.75. The summed E-state index contributed by atoms with van der Waals surface area (Å²) >= 11 is 0. The molecule has 0 aromatic heterocycles. The highest BCUT2D eigenvalue weighted by molar-refractivity contribution is 5.82. The Bertz CT molecular complexity index is 861. The molecule has 0 bridgehead atoms. The second-order valence-corrected chi connectivity index (χ2v) is 9.99. The first-order valence-corrected chi connectivity index (χ1v) is 14.0. The summed E-state index contributed by atoms with van der Waals surface area (Å²) in [5, 5.41) is 5.46. The molecular weight excluding hydrogens is 490 g/mol. The summed E-state index contributed by atoms with van der Waals surface area (Å²) in [6, 6.07) is 0. The monoisotopic (exact) mass is 541 g/mol. The van der Waals surface area contributed by atoms with Gasteiger partial charge < -0.3 is 20.3 Å². The van der Waals surface area contributed by atoms with Crippen molar-refractivity contribution in [3.8, 4) is 0 Å². The van der Waals surface area contributed by atoms with Gasteiger partial charge in [0.2, 0.25) is 11.8 Å². The van der Waals surface area contributed by atoms with Crippen molar-refractivity contribution < 1.29 is 19.1 Å². The molecule has 0 aliphatic rings. The van der Waals surface area contributed by atoms with Crippen LogP contribution in [-0.4, -0.2) is 55.1 Å². The minimum atomic E-state index is -0.614. The van der Waals surface area contributed by atoms with E-state index in [0.717, 1.165) is 38.5 Å². The summed E-state index contributed by atoms with van der Waals surface area (Å²) in [6.07, 6.45) is 32.2. The van der Waals surface area contributed by atoms with Gasteiger partial charge in [0.15, 0.2) is 0 Å². The van der Waals surface area contributed by atoms with Crippen molar-refractivity contribution in [2.75, 3.05) is 26.7 Å². The number of hydrogen-bond donors (Lipinski definition) is 2. The average molecular weight is 542 g/mol. The van der Waals surface area contributed by atoms with Crippen molar-refractivity contribution in [3.63, 3.8) is 0 Å². The summed E-state index contributed by atoms with van der Waals surface area (Å²) in [5.41, 5.74) is -0.614. The third kappa shape index (κ3) is 26.1. The Kier molecular flexibility index (Phi) is 21.7. The molecule has 0 aliphatic heterocycles. The highest BCUT2D eigenvalue weighted by Crippen LogP contribution is 2.08. The Hall–Kier alpha value is -3.35. The standard InChI is InChI=1S/C32H51N3O4/c1-6-7-8-9-10-11-12-13-14-15-16-17-18-19-20-21-22-23-24-25-29(36)33-26-27-34-30(37)28-35(5)31(38)39-32(2,3)4/h7-8,10-11,13-14,16-17,19-20,22-23H,6,9,12,15,18,21,24-28H2,1-5H3,(H,33,36)(H,34,37)/b8-7-,11-10-,14-13-,17-16-,20-19-,23-22-. The second kappa shape index (κ2) is 23.7. The van der Waals surface area contributed by atoms with E-state index in [-0.39, 0.29) is 18.4 Å². The maximum atomic E-state index is 11.9. The number of carbonyl (C=O) groups is 3. The smallest absolute Gasteiger partial charge is 0.410 e. The van der Waals surface area contributed by atoms with Crippen LogP contribution in [-0.2, 0) is 14.3 Å². The zero-order valence-electron chi connectivity index (χ0n) is 24.8. The number of nitrogens with zero attached hydrogens (tertiary/aromatic N) is 1. The van der Waals surface area contributed by atoms with Crippen molar-refractivity contribution in [3.05, 3.63) is 72.9 Å². The summed E-state index contributed by atoms with van der Waals surface area (Å²) in [6.45, 7) is 7.98. The predicted molar refractivity (Wildman–Crippen MR) is 162 cm³/mol. The van der Waals surface area contributed by atoms with Crippen molar-refractivity contribution >= 4 is 17.9 Å². The highest BCUT2D eigenvalue weighted by atomic mass is 16.6. The van der Waals surface area contributed by atoms with E-state index in [0.29, 0.717) is 25.9 Å². The van der Waals surface area contributed by atoms with Crippen LogP contribution in [0.15, 0.2) is 72.9 Å². The minimum absolute atomic E-state index is 0.0605. The number of hydrogen-bond acceptors (Lipinski definition) is 4. The molecule has 7 heteroatoms. The number of rotatable bonds is 19. The van der Waals surface area contributed by atoms with E-state index < -0.39 is 11.7 Å². The topological polar surface area (TPSA) is 87.7 Å². The normalized spacial score (nSPS) is 12.5. The van der Waals surface area contributed by atoms with E-state index in [9.17, 15) is 14.4 Å². The van der Waals surface area contributed by atoms with Crippen LogP contribution in [0.3, 0.4) is 0 Å². The van der Waals surface area contributed by atoms with Gasteiger partial charge in [-0.1, -0.05) is 79.8 Å². The van der Waals surface area contributed by atoms with Crippen molar-refractivity contribution in [1.29, 1.82) is 0 Å². The molecule has 2 N–H and O–H groups in total. The first-order valence-electron chi connectivity index (χ1n) is 14.0. The fraction of sp³-hybridized carbons (Fsp3) is 0.531. The van der Waals surface area contributed by atoms with Crippen molar-refractivity contribution in [1.82, 2.24) is 15.5 Å². The molecule has 0 radical (unpaired) electrons. The lowest BCUT2D eigenvalue weighted by Crippen LogP contribution is -2.42. The fourth-order valence-electron chi connectivity index (χ4n) is 3.02. The molecule has 39 heavy (non-hydrogen) atoms. The van der Waals surface area contributed by atoms with E-state index >= 15 is 0 Å². The van der Waals surface area contributed by atoms with Gasteiger partial charge in [0.1, 0.15) is 12.1 Å². The van der Waals surface area contributed by atoms with Crippen molar-refractivity contribution in [2.45, 2.75) is 84.7 Å². The summed E-state index contributed by atoms with van der Waals surface area (Å²) in [4.78, 5) is 36.9. The predicted octanol–water partition coefficient (Wildman–Crippen LogP) is 6.56. The molecule has 7 nitrogen and oxygen atoms in total. The van der Waals surface area contributed by atoms with Crippen LogP contribution in [0.5, 0.6) is 0 Å². The van der Waals surface area contributed by atoms with Gasteiger partial charge in [0.25, 0.3) is 0 Å². The molecule has 0 saturated heterocycles. The van der Waals surface area contributed by atoms with Gasteiger partial charge in [0, 0.05) is 26.6 Å². The first-order chi connectivity index (χ1) is 18.7. The van der Waals surface area contributed by atoms with Gasteiger partial charge in [0.05, 0.1) is 0 Å². The summed E-state index contributed by atoms with van der Waals surface area (Å²) < 4.78 is 5.20. The Morgan fingerprint density at radius 1 is 0.667 bits per heavy atom. The maximum Gasteiger partial charge on any atom is 0.410 e. The van der Waals surface area contributed by atoms with Crippen LogP contribution in [0.2, 0.25) is 0 Å². The molecular formula is C32H51N3O4. The lowest BCUT2D eigenvalue weighted by Gasteiger charge is -2.24. The molecule has 0 heterocycles. The summed E-state index contributed by atoms with van der Waals surface area (Å²) in [7, 11) is 1.50. The Morgan fingerprint density at radius 2 is 1.08 bits per heavy atom. The number of ether oxygens (including phenoxy) is 1. The van der Waals surface area contributed by atoms with Gasteiger partial charge >= 0.3 is 6.09 Å². The number of carbonyl (C=O) groups excluding carboxylic acids is 3. The molecule has 0 spiro atoms. The first kappa shape index (κ1) is 35.6. The van der Waals surface area contributed by atoms with Crippen LogP contribution in [0.1, 0.15) is 79.1 Å². The Morgan fingerprint density at radius 3 is 1.51 bits per heavy atom. The molecule has 0 unspecified atom stereocenters. The van der Waals surface area contributed by atoms with Crippen LogP contribution in [0.4, 0.5) is 4.79 Å². The number of allylic oxidation sites excluding steroid dienone is 12. The van der Waals surface area contributed by atoms with Crippen LogP contribution < -0.4 is 10.6 Å².